The summed E-state index contributed by atoms with van der Waals surface area (Å²) in [4.78, 5) is 26.8. The number of carbonyl (C=O) groups excluding carboxylic acids is 1. The fraction of sp³-hybridized carbons (Fsp3) is 0.250. The highest BCUT2D eigenvalue weighted by Gasteiger charge is 2.36. The van der Waals surface area contributed by atoms with E-state index in [1.807, 2.05) is 31.2 Å². The first-order valence-electron chi connectivity index (χ1n) is 10.5. The molecule has 0 bridgehead atoms. The minimum absolute atomic E-state index is 0.0255. The maximum absolute atomic E-state index is 13.8. The van der Waals surface area contributed by atoms with E-state index in [2.05, 4.69) is 20.3 Å². The number of amides is 1. The predicted octanol–water partition coefficient (Wildman–Crippen LogP) is 5.47. The molecule has 2 heterocycles. The van der Waals surface area contributed by atoms with E-state index in [1.54, 1.807) is 24.3 Å². The van der Waals surface area contributed by atoms with Gasteiger partial charge in [0.15, 0.2) is 0 Å². The lowest BCUT2D eigenvalue weighted by Crippen LogP contribution is -2.22. The minimum atomic E-state index is -4.57. The van der Waals surface area contributed by atoms with Gasteiger partial charge < -0.3 is 10.2 Å². The van der Waals surface area contributed by atoms with Crippen LogP contribution in [0.3, 0.4) is 0 Å². The Kier molecular flexibility index (Phi) is 6.13. The van der Waals surface area contributed by atoms with E-state index in [0.717, 1.165) is 17.2 Å². The van der Waals surface area contributed by atoms with Crippen LogP contribution in [0.25, 0.3) is 11.1 Å². The van der Waals surface area contributed by atoms with Gasteiger partial charge in [-0.05, 0) is 35.7 Å². The summed E-state index contributed by atoms with van der Waals surface area (Å²) >= 11 is 0. The first-order valence-corrected chi connectivity index (χ1v) is 10.5. The van der Waals surface area contributed by atoms with Crippen LogP contribution in [0.1, 0.15) is 30.9 Å². The van der Waals surface area contributed by atoms with E-state index < -0.39 is 17.6 Å². The van der Waals surface area contributed by atoms with Crippen LogP contribution < -0.4 is 10.2 Å². The number of hydrogen-bond donors (Lipinski definition) is 1. The third kappa shape index (κ3) is 4.87. The normalized spacial score (nSPS) is 13.6. The van der Waals surface area contributed by atoms with Crippen molar-refractivity contribution in [3.63, 3.8) is 0 Å². The van der Waals surface area contributed by atoms with Crippen LogP contribution in [0, 0.1) is 0 Å². The van der Waals surface area contributed by atoms with Crippen molar-refractivity contribution in [2.45, 2.75) is 25.9 Å². The van der Waals surface area contributed by atoms with E-state index >= 15 is 0 Å². The number of benzene rings is 2. The first kappa shape index (κ1) is 22.4. The number of rotatable bonds is 5. The van der Waals surface area contributed by atoms with E-state index in [1.165, 1.54) is 12.4 Å². The van der Waals surface area contributed by atoms with Crippen molar-refractivity contribution in [1.29, 1.82) is 0 Å². The number of anilines is 2. The molecule has 0 fully saturated rings. The third-order valence-electron chi connectivity index (χ3n) is 5.34. The van der Waals surface area contributed by atoms with Gasteiger partial charge in [0.2, 0.25) is 5.91 Å². The van der Waals surface area contributed by atoms with Gasteiger partial charge in [-0.1, -0.05) is 25.1 Å². The van der Waals surface area contributed by atoms with Crippen LogP contribution in [0.15, 0.2) is 60.1 Å². The molecule has 0 saturated carbocycles. The van der Waals surface area contributed by atoms with Gasteiger partial charge in [0, 0.05) is 31.5 Å². The van der Waals surface area contributed by atoms with Crippen molar-refractivity contribution >= 4 is 28.7 Å². The second-order valence-corrected chi connectivity index (χ2v) is 7.80. The van der Waals surface area contributed by atoms with Crippen molar-refractivity contribution in [2.24, 2.45) is 4.99 Å². The van der Waals surface area contributed by atoms with E-state index in [0.29, 0.717) is 24.2 Å². The minimum Gasteiger partial charge on any atom is -0.374 e. The lowest BCUT2D eigenvalue weighted by molar-refractivity contribution is -0.137. The van der Waals surface area contributed by atoms with Crippen LogP contribution >= 0.6 is 0 Å². The molecule has 33 heavy (non-hydrogen) atoms. The SMILES string of the molecule is CCCN(C)c1cc2c(cc1C(F)(F)F)NC(=O)CC(c1cccc(-c3cncnc3)c1)=N2. The quantitative estimate of drug-likeness (QED) is 0.556. The molecule has 0 saturated heterocycles. The van der Waals surface area contributed by atoms with Crippen LogP contribution in [-0.2, 0) is 11.0 Å². The lowest BCUT2D eigenvalue weighted by atomic mass is 10.0. The maximum Gasteiger partial charge on any atom is 0.418 e. The van der Waals surface area contributed by atoms with Gasteiger partial charge in [-0.25, -0.2) is 9.97 Å². The summed E-state index contributed by atoms with van der Waals surface area (Å²) in [5, 5.41) is 2.59. The Morgan fingerprint density at radius 1 is 1.06 bits per heavy atom. The van der Waals surface area contributed by atoms with Crippen LogP contribution in [-0.4, -0.2) is 35.2 Å². The lowest BCUT2D eigenvalue weighted by Gasteiger charge is -2.24. The molecule has 9 heteroatoms. The molecule has 170 valence electrons. The molecule has 4 rings (SSSR count). The van der Waals surface area contributed by atoms with Crippen molar-refractivity contribution < 1.29 is 18.0 Å². The largest absolute Gasteiger partial charge is 0.418 e. The van der Waals surface area contributed by atoms with Crippen molar-refractivity contribution in [3.05, 3.63) is 66.2 Å². The number of aliphatic imine (C=N–C) groups is 1. The Labute approximate surface area is 189 Å². The molecule has 3 aromatic rings. The highest BCUT2D eigenvalue weighted by molar-refractivity contribution is 6.17. The Balaban J connectivity index is 1.83. The standard InChI is InChI=1S/C24H22F3N5O/c1-3-7-32(2)22-10-21-20(9-18(22)24(25,26)27)31-23(33)11-19(30-21)16-6-4-5-15(8-16)17-12-28-14-29-13-17/h4-6,8-10,12-14H,3,7,11H2,1-2H3,(H,31,33). The monoisotopic (exact) mass is 453 g/mol. The number of carbonyl (C=O) groups is 1. The maximum atomic E-state index is 13.8. The third-order valence-corrected chi connectivity index (χ3v) is 5.34. The van der Waals surface area contributed by atoms with Crippen molar-refractivity contribution in [2.75, 3.05) is 23.8 Å². The molecular weight excluding hydrogens is 431 g/mol. The summed E-state index contributed by atoms with van der Waals surface area (Å²) in [6.45, 7) is 2.35. The van der Waals surface area contributed by atoms with Crippen LogP contribution in [0.5, 0.6) is 0 Å². The van der Waals surface area contributed by atoms with E-state index in [9.17, 15) is 18.0 Å². The molecule has 6 nitrogen and oxygen atoms in total. The van der Waals surface area contributed by atoms with E-state index in [-0.39, 0.29) is 23.5 Å². The molecule has 1 N–H and O–H groups in total. The summed E-state index contributed by atoms with van der Waals surface area (Å²) in [6.07, 6.45) is 0.848. The molecule has 1 aromatic heterocycles. The fourth-order valence-corrected chi connectivity index (χ4v) is 3.79. The number of alkyl halides is 3. The number of hydrogen-bond acceptors (Lipinski definition) is 5. The molecule has 0 unspecified atom stereocenters. The summed E-state index contributed by atoms with van der Waals surface area (Å²) in [5.74, 6) is -0.427. The molecule has 2 aromatic carbocycles. The summed E-state index contributed by atoms with van der Waals surface area (Å²) < 4.78 is 41.3. The molecule has 1 amide bonds. The summed E-state index contributed by atoms with van der Waals surface area (Å²) in [5.41, 5.74) is 2.36. The van der Waals surface area contributed by atoms with Crippen molar-refractivity contribution in [1.82, 2.24) is 9.97 Å². The summed E-state index contributed by atoms with van der Waals surface area (Å²) in [6, 6.07) is 9.77. The van der Waals surface area contributed by atoms with Gasteiger partial charge in [-0.15, -0.1) is 0 Å². The number of aromatic nitrogens is 2. The first-order chi connectivity index (χ1) is 15.8. The van der Waals surface area contributed by atoms with Crippen LogP contribution in [0.4, 0.5) is 30.2 Å². The molecule has 0 radical (unpaired) electrons. The number of halogens is 3. The van der Waals surface area contributed by atoms with Gasteiger partial charge in [0.1, 0.15) is 6.33 Å². The zero-order valence-electron chi connectivity index (χ0n) is 18.1. The fourth-order valence-electron chi connectivity index (χ4n) is 3.79. The van der Waals surface area contributed by atoms with Crippen molar-refractivity contribution in [3.8, 4) is 11.1 Å². The van der Waals surface area contributed by atoms with Gasteiger partial charge in [-0.2, -0.15) is 13.2 Å². The van der Waals surface area contributed by atoms with E-state index in [4.69, 9.17) is 0 Å². The molecule has 1 aliphatic heterocycles. The number of nitrogens with one attached hydrogen (secondary N) is 1. The van der Waals surface area contributed by atoms with Gasteiger partial charge in [-0.3, -0.25) is 9.79 Å². The van der Waals surface area contributed by atoms with Gasteiger partial charge >= 0.3 is 6.18 Å². The van der Waals surface area contributed by atoms with Gasteiger partial charge in [0.05, 0.1) is 34.8 Å². The molecule has 0 spiro atoms. The number of nitrogens with zero attached hydrogens (tertiary/aromatic N) is 4. The number of fused-ring (bicyclic) bond motifs is 1. The molecular formula is C24H22F3N5O. The summed E-state index contributed by atoms with van der Waals surface area (Å²) in [7, 11) is 1.62. The average Bonchev–Trinajstić information content (AvgIpc) is 2.96. The Hall–Kier alpha value is -3.75. The molecule has 1 aliphatic rings. The second-order valence-electron chi connectivity index (χ2n) is 7.80. The topological polar surface area (TPSA) is 70.5 Å². The smallest absolute Gasteiger partial charge is 0.374 e. The highest BCUT2D eigenvalue weighted by Crippen LogP contribution is 2.43. The Morgan fingerprint density at radius 3 is 2.48 bits per heavy atom. The average molecular weight is 453 g/mol. The Bertz CT molecular complexity index is 1210. The second kappa shape index (κ2) is 9.01. The Morgan fingerprint density at radius 2 is 1.79 bits per heavy atom. The van der Waals surface area contributed by atoms with Crippen LogP contribution in [0.2, 0.25) is 0 Å². The molecule has 0 atom stereocenters. The highest BCUT2D eigenvalue weighted by atomic mass is 19.4. The molecule has 0 aliphatic carbocycles. The zero-order valence-corrected chi connectivity index (χ0v) is 18.1. The zero-order chi connectivity index (χ0) is 23.6. The van der Waals surface area contributed by atoms with Gasteiger partial charge in [0.25, 0.3) is 0 Å². The predicted molar refractivity (Wildman–Crippen MR) is 122 cm³/mol.